The maximum Gasteiger partial charge on any atom is 0.270 e. The normalized spacial score (nSPS) is 15.4. The molecule has 0 aromatic heterocycles. The molecule has 0 radical (unpaired) electrons. The topological polar surface area (TPSA) is 49.4 Å². The van der Waals surface area contributed by atoms with Gasteiger partial charge in [-0.25, -0.2) is 0 Å². The third-order valence-corrected chi connectivity index (χ3v) is 6.39. The van der Waals surface area contributed by atoms with Gasteiger partial charge in [-0.05, 0) is 72.7 Å². The molecule has 0 atom stereocenters. The van der Waals surface area contributed by atoms with E-state index in [-0.39, 0.29) is 10.7 Å². The largest absolute Gasteiger partial charge is 0.298 e. The predicted molar refractivity (Wildman–Crippen MR) is 129 cm³/mol. The smallest absolute Gasteiger partial charge is 0.270 e. The molecule has 0 unspecified atom stereocenters. The molecule has 1 aliphatic heterocycles. The van der Waals surface area contributed by atoms with Crippen LogP contribution in [0.4, 0.5) is 5.69 Å². The Hall–Kier alpha value is -2.93. The second kappa shape index (κ2) is 9.06. The van der Waals surface area contributed by atoms with Gasteiger partial charge in [0.15, 0.2) is 5.11 Å². The number of anilines is 1. The number of benzene rings is 3. The van der Waals surface area contributed by atoms with Gasteiger partial charge in [0, 0.05) is 14.8 Å². The number of aryl methyl sites for hydroxylation is 1. The van der Waals surface area contributed by atoms with Crippen LogP contribution in [0.25, 0.3) is 6.08 Å². The Morgan fingerprint density at radius 2 is 1.65 bits per heavy atom. The highest BCUT2D eigenvalue weighted by molar-refractivity contribution is 7.99. The number of amides is 2. The van der Waals surface area contributed by atoms with Crippen molar-refractivity contribution in [3.63, 3.8) is 0 Å². The van der Waals surface area contributed by atoms with E-state index in [0.717, 1.165) is 20.9 Å². The van der Waals surface area contributed by atoms with E-state index < -0.39 is 11.8 Å². The van der Waals surface area contributed by atoms with E-state index in [1.54, 1.807) is 36.0 Å². The number of hydrogen-bond acceptors (Lipinski definition) is 4. The zero-order chi connectivity index (χ0) is 22.0. The first-order valence-corrected chi connectivity index (χ1v) is 11.0. The molecule has 4 nitrogen and oxygen atoms in total. The Bertz CT molecular complexity index is 1210. The minimum Gasteiger partial charge on any atom is -0.298 e. The van der Waals surface area contributed by atoms with Crippen LogP contribution in [-0.2, 0) is 9.59 Å². The molecule has 154 valence electrons. The third kappa shape index (κ3) is 4.71. The Labute approximate surface area is 194 Å². The van der Waals surface area contributed by atoms with Gasteiger partial charge in [0.2, 0.25) is 0 Å². The monoisotopic (exact) mass is 464 g/mol. The Morgan fingerprint density at radius 1 is 0.968 bits per heavy atom. The average Bonchev–Trinajstić information content (AvgIpc) is 2.75. The van der Waals surface area contributed by atoms with E-state index in [9.17, 15) is 9.59 Å². The molecule has 3 aromatic rings. The second-order valence-corrected chi connectivity index (χ2v) is 8.82. The molecule has 7 heteroatoms. The zero-order valence-electron chi connectivity index (χ0n) is 16.5. The Morgan fingerprint density at radius 3 is 2.32 bits per heavy atom. The molecule has 4 rings (SSSR count). The zero-order valence-corrected chi connectivity index (χ0v) is 18.9. The predicted octanol–water partition coefficient (Wildman–Crippen LogP) is 5.63. The number of nitrogens with zero attached hydrogens (tertiary/aromatic N) is 1. The molecule has 0 bridgehead atoms. The van der Waals surface area contributed by atoms with E-state index in [1.807, 2.05) is 61.5 Å². The molecule has 1 N–H and O–H groups in total. The molecule has 3 aromatic carbocycles. The highest BCUT2D eigenvalue weighted by Gasteiger charge is 2.34. The van der Waals surface area contributed by atoms with E-state index in [4.69, 9.17) is 23.8 Å². The van der Waals surface area contributed by atoms with Crippen LogP contribution in [0.15, 0.2) is 88.2 Å². The van der Waals surface area contributed by atoms with E-state index in [1.165, 1.54) is 4.90 Å². The molecule has 0 saturated carbocycles. The van der Waals surface area contributed by atoms with E-state index >= 15 is 0 Å². The molecule has 1 aliphatic rings. The summed E-state index contributed by atoms with van der Waals surface area (Å²) in [5.74, 6) is -1.01. The number of nitrogens with one attached hydrogen (secondary N) is 1. The van der Waals surface area contributed by atoms with E-state index in [0.29, 0.717) is 10.7 Å². The fraction of sp³-hybridized carbons (Fsp3) is 0.0417. The molecular formula is C24H17ClN2O2S2. The highest BCUT2D eigenvalue weighted by Crippen LogP contribution is 2.29. The first-order valence-electron chi connectivity index (χ1n) is 9.43. The van der Waals surface area contributed by atoms with Crippen molar-refractivity contribution in [2.75, 3.05) is 4.90 Å². The molecule has 1 fully saturated rings. The van der Waals surface area contributed by atoms with E-state index in [2.05, 4.69) is 5.32 Å². The molecule has 1 heterocycles. The lowest BCUT2D eigenvalue weighted by Crippen LogP contribution is -2.54. The van der Waals surface area contributed by atoms with Crippen molar-refractivity contribution < 1.29 is 9.59 Å². The van der Waals surface area contributed by atoms with Gasteiger partial charge in [0.25, 0.3) is 11.8 Å². The van der Waals surface area contributed by atoms with Crippen LogP contribution < -0.4 is 10.2 Å². The Kier molecular flexibility index (Phi) is 6.23. The van der Waals surface area contributed by atoms with Gasteiger partial charge in [-0.15, -0.1) is 0 Å². The number of hydrogen-bond donors (Lipinski definition) is 1. The van der Waals surface area contributed by atoms with Crippen LogP contribution >= 0.6 is 35.6 Å². The number of carbonyl (C=O) groups is 2. The van der Waals surface area contributed by atoms with Crippen LogP contribution in [0.2, 0.25) is 5.02 Å². The average molecular weight is 465 g/mol. The van der Waals surface area contributed by atoms with Gasteiger partial charge in [-0.3, -0.25) is 19.8 Å². The lowest BCUT2D eigenvalue weighted by Gasteiger charge is -2.29. The van der Waals surface area contributed by atoms with Crippen molar-refractivity contribution in [3.8, 4) is 0 Å². The summed E-state index contributed by atoms with van der Waals surface area (Å²) < 4.78 is 0. The number of rotatable bonds is 4. The van der Waals surface area contributed by atoms with Gasteiger partial charge in [-0.2, -0.15) is 0 Å². The van der Waals surface area contributed by atoms with Crippen LogP contribution in [0.5, 0.6) is 0 Å². The lowest BCUT2D eigenvalue weighted by atomic mass is 10.1. The van der Waals surface area contributed by atoms with Crippen LogP contribution in [-0.4, -0.2) is 16.9 Å². The summed E-state index contributed by atoms with van der Waals surface area (Å²) in [6, 6.07) is 22.9. The van der Waals surface area contributed by atoms with Crippen molar-refractivity contribution in [1.82, 2.24) is 5.32 Å². The SMILES string of the molecule is Cc1ccc(N2C(=O)/C(=C/c3ccc(Sc4ccccc4)cc3)C(=O)NC2=S)cc1Cl. The summed E-state index contributed by atoms with van der Waals surface area (Å²) in [5, 5.41) is 3.13. The van der Waals surface area contributed by atoms with Gasteiger partial charge in [-0.1, -0.05) is 59.8 Å². The summed E-state index contributed by atoms with van der Waals surface area (Å²) in [4.78, 5) is 29.1. The fourth-order valence-electron chi connectivity index (χ4n) is 3.04. The van der Waals surface area contributed by atoms with Gasteiger partial charge < -0.3 is 0 Å². The number of halogens is 1. The van der Waals surface area contributed by atoms with Gasteiger partial charge in [0.05, 0.1) is 5.69 Å². The fourth-order valence-corrected chi connectivity index (χ4v) is 4.33. The molecule has 0 spiro atoms. The summed E-state index contributed by atoms with van der Waals surface area (Å²) in [7, 11) is 0. The summed E-state index contributed by atoms with van der Waals surface area (Å²) in [6.45, 7) is 1.87. The summed E-state index contributed by atoms with van der Waals surface area (Å²) in [6.07, 6.45) is 1.57. The Balaban J connectivity index is 1.60. The van der Waals surface area contributed by atoms with Crippen LogP contribution in [0.1, 0.15) is 11.1 Å². The van der Waals surface area contributed by atoms with Crippen molar-refractivity contribution in [3.05, 3.63) is 94.5 Å². The number of carbonyl (C=O) groups excluding carboxylic acids is 2. The van der Waals surface area contributed by atoms with Crippen molar-refractivity contribution in [1.29, 1.82) is 0 Å². The molecule has 1 saturated heterocycles. The minimum absolute atomic E-state index is 0.00811. The van der Waals surface area contributed by atoms with Crippen molar-refractivity contribution >= 4 is 64.3 Å². The second-order valence-electron chi connectivity index (χ2n) is 6.88. The van der Waals surface area contributed by atoms with Crippen LogP contribution in [0.3, 0.4) is 0 Å². The number of thiocarbonyl (C=S) groups is 1. The molecule has 2 amide bonds. The third-order valence-electron chi connectivity index (χ3n) is 4.69. The maximum absolute atomic E-state index is 13.1. The first kappa shape index (κ1) is 21.3. The van der Waals surface area contributed by atoms with Crippen LogP contribution in [0, 0.1) is 6.92 Å². The maximum atomic E-state index is 13.1. The lowest BCUT2D eigenvalue weighted by molar-refractivity contribution is -0.122. The van der Waals surface area contributed by atoms with Crippen molar-refractivity contribution in [2.24, 2.45) is 0 Å². The summed E-state index contributed by atoms with van der Waals surface area (Å²) >= 11 is 13.1. The summed E-state index contributed by atoms with van der Waals surface area (Å²) in [5.41, 5.74) is 2.14. The van der Waals surface area contributed by atoms with Gasteiger partial charge in [0.1, 0.15) is 5.57 Å². The van der Waals surface area contributed by atoms with Crippen molar-refractivity contribution in [2.45, 2.75) is 16.7 Å². The van der Waals surface area contributed by atoms with Gasteiger partial charge >= 0.3 is 0 Å². The molecule has 0 aliphatic carbocycles. The molecular weight excluding hydrogens is 448 g/mol. The quantitative estimate of drug-likeness (QED) is 0.309. The standard InChI is InChI=1S/C24H17ClN2O2S2/c1-15-7-10-17(14-21(15)25)27-23(29)20(22(28)26-24(27)30)13-16-8-11-19(12-9-16)31-18-5-3-2-4-6-18/h2-14H,1H3,(H,26,28,30)/b20-13+. The highest BCUT2D eigenvalue weighted by atomic mass is 35.5. The minimum atomic E-state index is -0.521. The molecule has 31 heavy (non-hydrogen) atoms. The first-order chi connectivity index (χ1) is 14.9.